The van der Waals surface area contributed by atoms with E-state index in [0.29, 0.717) is 23.3 Å². The molecule has 0 saturated carbocycles. The molecule has 2 atom stereocenters. The largest absolute Gasteiger partial charge is 0.364 e. The number of aromatic nitrogens is 2. The zero-order valence-corrected chi connectivity index (χ0v) is 10.2. The Morgan fingerprint density at radius 1 is 1.59 bits per heavy atom. The maximum absolute atomic E-state index is 8.99. The number of rotatable bonds is 2. The van der Waals surface area contributed by atoms with Crippen LogP contribution in [0, 0.1) is 17.2 Å². The van der Waals surface area contributed by atoms with E-state index in [1.807, 2.05) is 0 Å². The lowest BCUT2D eigenvalue weighted by atomic mass is 9.94. The average molecular weight is 231 g/mol. The first-order valence-electron chi connectivity index (χ1n) is 5.87. The van der Waals surface area contributed by atoms with Gasteiger partial charge in [-0.25, -0.2) is 0 Å². The number of likely N-dealkylation sites (tertiary alicyclic amines) is 1. The Kier molecular flexibility index (Phi) is 3.55. The molecule has 90 valence electrons. The summed E-state index contributed by atoms with van der Waals surface area (Å²) < 4.78 is 0. The Morgan fingerprint density at radius 3 is 3.12 bits per heavy atom. The lowest BCUT2D eigenvalue weighted by molar-refractivity contribution is 0.206. The zero-order valence-electron chi connectivity index (χ0n) is 10.2. The third-order valence-electron chi connectivity index (χ3n) is 3.27. The van der Waals surface area contributed by atoms with E-state index in [1.54, 1.807) is 12.3 Å². The molecule has 0 amide bonds. The first kappa shape index (κ1) is 11.8. The first-order chi connectivity index (χ1) is 8.20. The Labute approximate surface area is 101 Å². The summed E-state index contributed by atoms with van der Waals surface area (Å²) >= 11 is 0. The van der Waals surface area contributed by atoms with Crippen LogP contribution in [0.1, 0.15) is 18.9 Å². The Morgan fingerprint density at radius 2 is 2.41 bits per heavy atom. The number of nitrogens with one attached hydrogen (secondary N) is 1. The number of hydrogen-bond donors (Lipinski definition) is 1. The van der Waals surface area contributed by atoms with Crippen molar-refractivity contribution < 1.29 is 0 Å². The molecule has 1 N–H and O–H groups in total. The highest BCUT2D eigenvalue weighted by molar-refractivity contribution is 5.50. The van der Waals surface area contributed by atoms with Crippen LogP contribution in [0.3, 0.4) is 0 Å². The maximum atomic E-state index is 8.99. The fourth-order valence-electron chi connectivity index (χ4n) is 2.27. The summed E-state index contributed by atoms with van der Waals surface area (Å²) in [5.74, 6) is 1.15. The van der Waals surface area contributed by atoms with E-state index in [0.717, 1.165) is 19.5 Å². The Hall–Kier alpha value is -1.67. The monoisotopic (exact) mass is 231 g/mol. The molecule has 2 heterocycles. The lowest BCUT2D eigenvalue weighted by Gasteiger charge is -2.35. The third-order valence-corrected chi connectivity index (χ3v) is 3.27. The predicted octanol–water partition coefficient (Wildman–Crippen LogP) is 1.10. The second-order valence-corrected chi connectivity index (χ2v) is 4.68. The molecule has 0 spiro atoms. The zero-order chi connectivity index (χ0) is 12.3. The smallest absolute Gasteiger partial charge is 0.166 e. The van der Waals surface area contributed by atoms with E-state index < -0.39 is 0 Å². The second-order valence-electron chi connectivity index (χ2n) is 4.68. The van der Waals surface area contributed by atoms with Gasteiger partial charge in [-0.15, -0.1) is 5.10 Å². The SMILES string of the molecule is CC1CN(C)CCC1Nc1nnccc1C#N. The molecule has 1 saturated heterocycles. The highest BCUT2D eigenvalue weighted by Crippen LogP contribution is 2.20. The van der Waals surface area contributed by atoms with Gasteiger partial charge in [0.1, 0.15) is 6.07 Å². The summed E-state index contributed by atoms with van der Waals surface area (Å²) in [4.78, 5) is 2.32. The minimum atomic E-state index is 0.370. The molecule has 0 aliphatic carbocycles. The lowest BCUT2D eigenvalue weighted by Crippen LogP contribution is -2.43. The maximum Gasteiger partial charge on any atom is 0.166 e. The van der Waals surface area contributed by atoms with Gasteiger partial charge in [-0.05, 0) is 32.0 Å². The van der Waals surface area contributed by atoms with Gasteiger partial charge in [0.05, 0.1) is 11.8 Å². The fraction of sp³-hybridized carbons (Fsp3) is 0.583. The molecule has 1 fully saturated rings. The van der Waals surface area contributed by atoms with Crippen molar-refractivity contribution in [3.05, 3.63) is 17.8 Å². The minimum Gasteiger partial charge on any atom is -0.364 e. The van der Waals surface area contributed by atoms with Gasteiger partial charge < -0.3 is 10.2 Å². The minimum absolute atomic E-state index is 0.370. The molecule has 1 aromatic heterocycles. The predicted molar refractivity (Wildman–Crippen MR) is 65.4 cm³/mol. The van der Waals surface area contributed by atoms with Crippen LogP contribution in [0.4, 0.5) is 5.82 Å². The van der Waals surface area contributed by atoms with Crippen LogP contribution in [0.2, 0.25) is 0 Å². The van der Waals surface area contributed by atoms with E-state index in [2.05, 4.69) is 40.5 Å². The highest BCUT2D eigenvalue weighted by atomic mass is 15.2. The van der Waals surface area contributed by atoms with Crippen molar-refractivity contribution in [1.29, 1.82) is 5.26 Å². The third kappa shape index (κ3) is 2.71. The summed E-state index contributed by atoms with van der Waals surface area (Å²) in [6, 6.07) is 4.19. The summed E-state index contributed by atoms with van der Waals surface area (Å²) in [6.45, 7) is 4.36. The van der Waals surface area contributed by atoms with Crippen molar-refractivity contribution in [2.75, 3.05) is 25.5 Å². The molecule has 0 aromatic carbocycles. The van der Waals surface area contributed by atoms with Crippen LogP contribution in [0.25, 0.3) is 0 Å². The van der Waals surface area contributed by atoms with Crippen LogP contribution in [0.15, 0.2) is 12.3 Å². The quantitative estimate of drug-likeness (QED) is 0.825. The second kappa shape index (κ2) is 5.11. The topological polar surface area (TPSA) is 64.8 Å². The van der Waals surface area contributed by atoms with Crippen molar-refractivity contribution in [2.45, 2.75) is 19.4 Å². The van der Waals surface area contributed by atoms with Gasteiger partial charge >= 0.3 is 0 Å². The average Bonchev–Trinajstić information content (AvgIpc) is 2.33. The van der Waals surface area contributed by atoms with Crippen LogP contribution < -0.4 is 5.32 Å². The van der Waals surface area contributed by atoms with Crippen LogP contribution in [0.5, 0.6) is 0 Å². The van der Waals surface area contributed by atoms with E-state index >= 15 is 0 Å². The summed E-state index contributed by atoms with van der Waals surface area (Å²) in [7, 11) is 2.13. The molecular weight excluding hydrogens is 214 g/mol. The molecule has 2 rings (SSSR count). The number of nitrogens with zero attached hydrogens (tertiary/aromatic N) is 4. The van der Waals surface area contributed by atoms with Gasteiger partial charge in [0.15, 0.2) is 5.82 Å². The molecule has 0 bridgehead atoms. The molecular formula is C12H17N5. The van der Waals surface area contributed by atoms with Gasteiger partial charge in [-0.1, -0.05) is 6.92 Å². The molecule has 5 heteroatoms. The number of piperidine rings is 1. The number of hydrogen-bond acceptors (Lipinski definition) is 5. The van der Waals surface area contributed by atoms with Gasteiger partial charge in [0, 0.05) is 12.6 Å². The molecule has 1 aliphatic rings. The van der Waals surface area contributed by atoms with Crippen LogP contribution >= 0.6 is 0 Å². The van der Waals surface area contributed by atoms with Crippen molar-refractivity contribution in [3.63, 3.8) is 0 Å². The first-order valence-corrected chi connectivity index (χ1v) is 5.87. The normalized spacial score (nSPS) is 25.2. The Balaban J connectivity index is 2.08. The van der Waals surface area contributed by atoms with E-state index in [-0.39, 0.29) is 0 Å². The molecule has 17 heavy (non-hydrogen) atoms. The molecule has 1 aromatic rings. The summed E-state index contributed by atoms with van der Waals surface area (Å²) in [5, 5.41) is 20.2. The van der Waals surface area contributed by atoms with Gasteiger partial charge in [-0.2, -0.15) is 10.4 Å². The van der Waals surface area contributed by atoms with Crippen LogP contribution in [-0.2, 0) is 0 Å². The van der Waals surface area contributed by atoms with Crippen molar-refractivity contribution in [3.8, 4) is 6.07 Å². The van der Waals surface area contributed by atoms with Gasteiger partial charge in [-0.3, -0.25) is 0 Å². The highest BCUT2D eigenvalue weighted by Gasteiger charge is 2.24. The molecule has 0 radical (unpaired) electrons. The number of anilines is 1. The van der Waals surface area contributed by atoms with Gasteiger partial charge in [0.2, 0.25) is 0 Å². The molecule has 1 aliphatic heterocycles. The summed E-state index contributed by atoms with van der Waals surface area (Å²) in [5.41, 5.74) is 0.561. The van der Waals surface area contributed by atoms with E-state index in [1.165, 1.54) is 0 Å². The molecule has 2 unspecified atom stereocenters. The number of nitriles is 1. The van der Waals surface area contributed by atoms with E-state index in [4.69, 9.17) is 5.26 Å². The van der Waals surface area contributed by atoms with Crippen molar-refractivity contribution in [1.82, 2.24) is 15.1 Å². The van der Waals surface area contributed by atoms with Crippen molar-refractivity contribution in [2.24, 2.45) is 5.92 Å². The fourth-order valence-corrected chi connectivity index (χ4v) is 2.27. The van der Waals surface area contributed by atoms with Crippen LogP contribution in [-0.4, -0.2) is 41.3 Å². The van der Waals surface area contributed by atoms with Crippen molar-refractivity contribution >= 4 is 5.82 Å². The van der Waals surface area contributed by atoms with Gasteiger partial charge in [0.25, 0.3) is 0 Å². The summed E-state index contributed by atoms with van der Waals surface area (Å²) in [6.07, 6.45) is 2.61. The standard InChI is InChI=1S/C12H17N5/c1-9-8-17(2)6-4-11(9)15-12-10(7-13)3-5-14-16-12/h3,5,9,11H,4,6,8H2,1-2H3,(H,15,16). The van der Waals surface area contributed by atoms with E-state index in [9.17, 15) is 0 Å². The Bertz CT molecular complexity index is 425. The molecule has 5 nitrogen and oxygen atoms in total.